The summed E-state index contributed by atoms with van der Waals surface area (Å²) in [6.45, 7) is 0. The van der Waals surface area contributed by atoms with Gasteiger partial charge in [0.1, 0.15) is 0 Å². The molecule has 0 amide bonds. The van der Waals surface area contributed by atoms with Crippen LogP contribution in [0.25, 0.3) is 0 Å². The highest BCUT2D eigenvalue weighted by molar-refractivity contribution is 7.65. The van der Waals surface area contributed by atoms with E-state index >= 15 is 0 Å². The highest BCUT2D eigenvalue weighted by Crippen LogP contribution is 2.53. The summed E-state index contributed by atoms with van der Waals surface area (Å²) < 4.78 is 83.4. The van der Waals surface area contributed by atoms with E-state index in [1.54, 1.807) is 0 Å². The van der Waals surface area contributed by atoms with Crippen LogP contribution in [-0.4, -0.2) is 23.6 Å². The molecule has 0 aromatic rings. The zero-order valence-corrected chi connectivity index (χ0v) is 9.05. The van der Waals surface area contributed by atoms with Crippen molar-refractivity contribution in [3.63, 3.8) is 0 Å². The first-order chi connectivity index (χ1) is 5.75. The zero-order chi connectivity index (χ0) is 12.0. The average Bonchev–Trinajstić information content (AvgIpc) is 1.81. The average molecular weight is 303 g/mol. The molecule has 0 aliphatic carbocycles. The van der Waals surface area contributed by atoms with Crippen molar-refractivity contribution in [3.05, 3.63) is 0 Å². The number of rotatable bonds is 2. The predicted octanol–water partition coefficient (Wildman–Crippen LogP) is 4.01. The van der Waals surface area contributed by atoms with Crippen molar-refractivity contribution in [3.8, 4) is 0 Å². The monoisotopic (exact) mass is 302 g/mol. The summed E-state index contributed by atoms with van der Waals surface area (Å²) in [4.78, 5) is 0. The number of hydrogen-bond acceptors (Lipinski definition) is 0. The second-order valence-corrected chi connectivity index (χ2v) is 10.6. The lowest BCUT2D eigenvalue weighted by molar-refractivity contribution is -0.333. The first-order valence-electron chi connectivity index (χ1n) is 2.64. The second kappa shape index (κ2) is 3.57. The summed E-state index contributed by atoms with van der Waals surface area (Å²) in [6, 6.07) is -5.52. The molecule has 0 rings (SSSR count). The highest BCUT2D eigenvalue weighted by atomic mass is 35.8. The topological polar surface area (TPSA) is 0 Å². The van der Waals surface area contributed by atoms with Gasteiger partial charge in [-0.05, 0) is 0 Å². The summed E-state index contributed by atoms with van der Waals surface area (Å²) in [5, 5.41) is 0. The Labute approximate surface area is 88.0 Å². The van der Waals surface area contributed by atoms with Gasteiger partial charge in [0.2, 0.25) is 0 Å². The molecule has 0 aliphatic rings. The number of halogens is 10. The summed E-state index contributed by atoms with van der Waals surface area (Å²) in [7, 11) is 0. The lowest BCUT2D eigenvalue weighted by Crippen LogP contribution is -2.60. The summed E-state index contributed by atoms with van der Waals surface area (Å²) in [5.74, 6) is -6.35. The second-order valence-electron chi connectivity index (χ2n) is 2.14. The van der Waals surface area contributed by atoms with Crippen molar-refractivity contribution in [2.45, 2.75) is 17.6 Å². The van der Waals surface area contributed by atoms with Gasteiger partial charge in [0, 0.05) is 0 Å². The first kappa shape index (κ1) is 14.6. The number of hydrogen-bond donors (Lipinski definition) is 0. The minimum absolute atomic E-state index is 4.46. The van der Waals surface area contributed by atoms with E-state index in [1.807, 2.05) is 0 Å². The molecular formula is C3Cl3F7Si. The molecule has 11 heteroatoms. The van der Waals surface area contributed by atoms with Crippen molar-refractivity contribution in [2.75, 3.05) is 0 Å². The maximum absolute atomic E-state index is 12.4. The molecule has 0 aliphatic heterocycles. The smallest absolute Gasteiger partial charge is 0.199 e. The third kappa shape index (κ3) is 2.22. The maximum atomic E-state index is 12.4. The molecule has 0 nitrogen and oxygen atoms in total. The Kier molecular flexibility index (Phi) is 3.72. The van der Waals surface area contributed by atoms with Crippen LogP contribution in [0.15, 0.2) is 0 Å². The van der Waals surface area contributed by atoms with Crippen LogP contribution in [0.4, 0.5) is 30.7 Å². The van der Waals surface area contributed by atoms with Crippen molar-refractivity contribution in [1.82, 2.24) is 0 Å². The summed E-state index contributed by atoms with van der Waals surface area (Å²) in [6.07, 6.45) is -6.46. The molecule has 14 heavy (non-hydrogen) atoms. The van der Waals surface area contributed by atoms with Crippen LogP contribution in [-0.2, 0) is 0 Å². The molecule has 0 heterocycles. The largest absolute Gasteiger partial charge is 0.459 e. The van der Waals surface area contributed by atoms with E-state index in [0.29, 0.717) is 0 Å². The Bertz CT molecular complexity index is 193. The highest BCUT2D eigenvalue weighted by Gasteiger charge is 2.80. The van der Waals surface area contributed by atoms with E-state index in [4.69, 9.17) is 0 Å². The van der Waals surface area contributed by atoms with Gasteiger partial charge in [-0.1, -0.05) is 0 Å². The predicted molar refractivity (Wildman–Crippen MR) is 39.3 cm³/mol. The third-order valence-corrected chi connectivity index (χ3v) is 4.27. The molecule has 0 aromatic heterocycles. The SMILES string of the molecule is FC(F)(F)C(F)(F)C(F)(F)[Si](Cl)(Cl)Cl. The first-order valence-corrected chi connectivity index (χ1v) is 7.68. The molecule has 0 saturated heterocycles. The van der Waals surface area contributed by atoms with Crippen LogP contribution < -0.4 is 0 Å². The van der Waals surface area contributed by atoms with Crippen molar-refractivity contribution in [2.24, 2.45) is 0 Å². The van der Waals surface area contributed by atoms with Crippen molar-refractivity contribution < 1.29 is 30.7 Å². The molecule has 0 saturated carbocycles. The molecule has 0 spiro atoms. The van der Waals surface area contributed by atoms with E-state index in [2.05, 4.69) is 33.2 Å². The van der Waals surface area contributed by atoms with Gasteiger partial charge in [-0.3, -0.25) is 0 Å². The Hall–Kier alpha value is 0.597. The van der Waals surface area contributed by atoms with Crippen LogP contribution >= 0.6 is 33.2 Å². The molecule has 86 valence electrons. The third-order valence-electron chi connectivity index (χ3n) is 1.11. The summed E-state index contributed by atoms with van der Waals surface area (Å²) in [5.41, 5.74) is -5.71. The van der Waals surface area contributed by atoms with Gasteiger partial charge in [-0.2, -0.15) is 30.7 Å². The standard InChI is InChI=1S/C3Cl3F7Si/c4-14(5,6)3(12,13)1(7,8)2(9,10)11. The Morgan fingerprint density at radius 2 is 1.00 bits per heavy atom. The molecule has 0 aromatic carbocycles. The Morgan fingerprint density at radius 1 is 0.714 bits per heavy atom. The van der Waals surface area contributed by atoms with Crippen LogP contribution in [0, 0.1) is 0 Å². The van der Waals surface area contributed by atoms with Crippen LogP contribution in [0.5, 0.6) is 0 Å². The molecular weight excluding hydrogens is 303 g/mol. The molecule has 0 bridgehead atoms. The van der Waals surface area contributed by atoms with Crippen LogP contribution in [0.3, 0.4) is 0 Å². The lowest BCUT2D eigenvalue weighted by atomic mass is 10.3. The van der Waals surface area contributed by atoms with E-state index in [0.717, 1.165) is 0 Å². The van der Waals surface area contributed by atoms with Crippen LogP contribution in [0.2, 0.25) is 0 Å². The Morgan fingerprint density at radius 3 is 1.07 bits per heavy atom. The fraction of sp³-hybridized carbons (Fsp3) is 1.00. The van der Waals surface area contributed by atoms with Gasteiger partial charge >= 0.3 is 23.6 Å². The minimum Gasteiger partial charge on any atom is -0.199 e. The molecule has 0 fully saturated rings. The fourth-order valence-electron chi connectivity index (χ4n) is 0.356. The zero-order valence-electron chi connectivity index (χ0n) is 5.78. The van der Waals surface area contributed by atoms with E-state index in [1.165, 1.54) is 0 Å². The molecule has 0 atom stereocenters. The maximum Gasteiger partial charge on any atom is 0.459 e. The lowest BCUT2D eigenvalue weighted by Gasteiger charge is -2.31. The Balaban J connectivity index is 5.30. The van der Waals surface area contributed by atoms with E-state index in [-0.39, 0.29) is 0 Å². The normalized spacial score (nSPS) is 15.9. The fourth-order valence-corrected chi connectivity index (χ4v) is 1.92. The van der Waals surface area contributed by atoms with Gasteiger partial charge in [0.05, 0.1) is 0 Å². The van der Waals surface area contributed by atoms with E-state index in [9.17, 15) is 30.7 Å². The molecule has 0 unspecified atom stereocenters. The van der Waals surface area contributed by atoms with Gasteiger partial charge < -0.3 is 0 Å². The molecule has 0 radical (unpaired) electrons. The van der Waals surface area contributed by atoms with Gasteiger partial charge in [0.15, 0.2) is 0 Å². The quantitative estimate of drug-likeness (QED) is 0.411. The summed E-state index contributed by atoms with van der Waals surface area (Å²) >= 11 is 13.4. The van der Waals surface area contributed by atoms with Crippen LogP contribution in [0.1, 0.15) is 0 Å². The minimum atomic E-state index is -6.46. The molecule has 0 N–H and O–H groups in total. The van der Waals surface area contributed by atoms with Gasteiger partial charge in [-0.15, -0.1) is 33.2 Å². The van der Waals surface area contributed by atoms with Crippen molar-refractivity contribution in [1.29, 1.82) is 0 Å². The van der Waals surface area contributed by atoms with Gasteiger partial charge in [0.25, 0.3) is 0 Å². The van der Waals surface area contributed by atoms with Crippen molar-refractivity contribution >= 4 is 39.2 Å². The van der Waals surface area contributed by atoms with E-state index < -0.39 is 23.6 Å². The van der Waals surface area contributed by atoms with Gasteiger partial charge in [-0.25, -0.2) is 0 Å². The number of alkyl halides is 7.